The van der Waals surface area contributed by atoms with Gasteiger partial charge in [0.05, 0.1) is 52.5 Å². The molecule has 3 aliphatic carbocycles. The van der Waals surface area contributed by atoms with Crippen molar-refractivity contribution in [3.8, 4) is 23.0 Å². The summed E-state index contributed by atoms with van der Waals surface area (Å²) in [6, 6.07) is 2.01. The van der Waals surface area contributed by atoms with Gasteiger partial charge in [0.15, 0.2) is 22.8 Å². The number of amides is 2. The molecule has 10 rings (SSSR count). The van der Waals surface area contributed by atoms with Crippen molar-refractivity contribution in [2.45, 2.75) is 142 Å². The number of methoxy groups -OCH3 is 1. The lowest BCUT2D eigenvalue weighted by molar-refractivity contribution is -0.160. The number of nitrogens with zero attached hydrogens (tertiary/aromatic N) is 5. The Kier molecular flexibility index (Phi) is 19.5. The molecule has 3 aromatic carbocycles. The van der Waals surface area contributed by atoms with Gasteiger partial charge < -0.3 is 80.6 Å². The topological polar surface area (TPSA) is 374 Å². The van der Waals surface area contributed by atoms with Crippen LogP contribution in [0.2, 0.25) is 0 Å². The standard InChI is InChI=1S/C46H62N4O11.C23H27N3O7/c1-22(2)21-50-18-16-46(17-19-50)48-34-31-32-39(54)28(8)42-33(31)43(56)45(10,61-42)59-20-15-30(58-11)25(5)41(60-29(9)51)27(7)38(53)26(6)37(52)23(3)13-12-14-24(4)44(57)47-36(40(32)55)35(34)49-46;1-25(2)12-5-6-13(27)15-10(12)7-9-8-11-17(26(3)4)19(29)16(22(24)32)21(31)23(11,33)20(30)14(9)18(15)28/h12-15,20,22-23,25-27,30,37-38,41,52-55H,16-19,21H2,1-11H3,(H,47,57);5-6,9,11,17,27-28,31,33H,7-8H2,1-4H3,(H2,24,32)/b13-12+,20-15+,24-14-;/t23-,25+,26+,27+,30-,37-,38+,41+,45-;9-,11-,17-,23-/m00/s1. The highest BCUT2D eigenvalue weighted by atomic mass is 16.7. The first-order valence-electron chi connectivity index (χ1n) is 31.7. The third kappa shape index (κ3) is 12.0. The predicted octanol–water partition coefficient (Wildman–Crippen LogP) is 4.78. The second kappa shape index (κ2) is 26.2. The number of piperidine rings is 1. The molecule has 94 heavy (non-hydrogen) atoms. The van der Waals surface area contributed by atoms with Crippen molar-refractivity contribution in [3.05, 3.63) is 98.1 Å². The number of esters is 1. The van der Waals surface area contributed by atoms with E-state index in [-0.39, 0.29) is 85.1 Å². The number of ketones is 3. The molecule has 4 aliphatic heterocycles. The number of aromatic hydroxyl groups is 3. The Bertz CT molecular complexity index is 3940. The molecule has 0 aromatic heterocycles. The number of allylic oxidation sites excluding steroid dienone is 2. The number of phenols is 3. The zero-order valence-electron chi connectivity index (χ0n) is 55.9. The van der Waals surface area contributed by atoms with Crippen LogP contribution in [-0.4, -0.2) is 188 Å². The number of likely N-dealkylation sites (N-methyl/N-ethyl adjacent to an activating group) is 1. The van der Waals surface area contributed by atoms with E-state index in [9.17, 15) is 69.6 Å². The number of ether oxygens (including phenoxy) is 4. The number of hydrogen-bond donors (Lipinski definition) is 10. The zero-order chi connectivity index (χ0) is 69.4. The van der Waals surface area contributed by atoms with E-state index >= 15 is 0 Å². The summed E-state index contributed by atoms with van der Waals surface area (Å²) >= 11 is 0. The maximum absolute atomic E-state index is 14.7. The van der Waals surface area contributed by atoms with E-state index < -0.39 is 141 Å². The lowest BCUT2D eigenvalue weighted by Gasteiger charge is -2.50. The zero-order valence-corrected chi connectivity index (χ0v) is 55.9. The number of Topliss-reactive ketones (excluding diaryl/α,β-unsaturated/α-hetero) is 3. The van der Waals surface area contributed by atoms with Crippen molar-refractivity contribution in [2.75, 3.05) is 65.2 Å². The highest BCUT2D eigenvalue weighted by Crippen LogP contribution is 2.55. The van der Waals surface area contributed by atoms with Gasteiger partial charge in [0.2, 0.25) is 5.78 Å². The van der Waals surface area contributed by atoms with Crippen molar-refractivity contribution < 1.29 is 88.6 Å². The molecular weight excluding hydrogens is 1210 g/mol. The van der Waals surface area contributed by atoms with E-state index in [1.807, 2.05) is 19.0 Å². The van der Waals surface area contributed by atoms with E-state index in [2.05, 4.69) is 24.1 Å². The number of likely N-dealkylation sites (tertiary alicyclic amines) is 1. The van der Waals surface area contributed by atoms with Gasteiger partial charge in [0.1, 0.15) is 51.5 Å². The molecule has 2 amide bonds. The number of nitrogens with two attached hydrogens (primary N) is 1. The Balaban J connectivity index is 0.000000264. The molecule has 1 spiro atoms. The van der Waals surface area contributed by atoms with E-state index in [0.29, 0.717) is 37.4 Å². The smallest absolute Gasteiger partial charge is 0.312 e. The number of aliphatic hydroxyl groups is 5. The van der Waals surface area contributed by atoms with Gasteiger partial charge >= 0.3 is 11.8 Å². The molecule has 25 nitrogen and oxygen atoms in total. The Hall–Kier alpha value is -8.20. The van der Waals surface area contributed by atoms with Crippen molar-refractivity contribution in [1.29, 1.82) is 0 Å². The summed E-state index contributed by atoms with van der Waals surface area (Å²) in [7, 11) is 8.22. The number of rotatable bonds is 7. The SMILES string of the molecule is CN(C)c1ccc(O)c2c1C[C@H]1C[C@H]3[C@H](N(C)C)C(=O)C(C(N)=O)=C(O)[C@@]3(O)C(=O)C1=C2O.CO[C@H]1/C=C/O[C@@]2(C)Oc3c(C)c(O)c4c(O)c(c5c(c4c3C2=O)=NC2(CCN(CC(C)C)CC2)N=5)NC(=O)/C(C)=C\C=C\[C@H](C)[C@H](O)[C@@H](C)[C@@H](O)[C@@H](C)[C@H](OC(C)=O)[C@@H]1C. The monoisotopic (exact) mass is 1300 g/mol. The first-order chi connectivity index (χ1) is 44.0. The molecule has 7 aliphatic rings. The van der Waals surface area contributed by atoms with Crippen molar-refractivity contribution in [2.24, 2.45) is 57.1 Å². The molecule has 1 saturated carbocycles. The van der Waals surface area contributed by atoms with Crippen LogP contribution in [0.3, 0.4) is 0 Å². The normalized spacial score (nSPS) is 31.4. The quantitative estimate of drug-likeness (QED) is 0.0864. The van der Waals surface area contributed by atoms with Gasteiger partial charge in [-0.1, -0.05) is 59.8 Å². The molecule has 13 atom stereocenters. The Morgan fingerprint density at radius 2 is 1.52 bits per heavy atom. The Morgan fingerprint density at radius 3 is 2.12 bits per heavy atom. The van der Waals surface area contributed by atoms with Crippen molar-refractivity contribution in [1.82, 2.24) is 9.80 Å². The minimum absolute atomic E-state index is 0.0364. The van der Waals surface area contributed by atoms with E-state index in [1.54, 1.807) is 86.0 Å². The summed E-state index contributed by atoms with van der Waals surface area (Å²) in [5.41, 5.74) is 2.58. The summed E-state index contributed by atoms with van der Waals surface area (Å²) in [4.78, 5) is 95.7. The lowest BCUT2D eigenvalue weighted by atomic mass is 9.57. The largest absolute Gasteiger partial charge is 0.508 e. The molecule has 0 unspecified atom stereocenters. The third-order valence-electron chi connectivity index (χ3n) is 20.0. The second-order valence-corrected chi connectivity index (χ2v) is 27.3. The number of primary amides is 1. The fourth-order valence-electron chi connectivity index (χ4n) is 14.8. The number of carbonyl (C=O) groups excluding carboxylic acids is 6. The van der Waals surface area contributed by atoms with Crippen LogP contribution >= 0.6 is 0 Å². The molecule has 3 aromatic rings. The number of nitrogens with one attached hydrogen (secondary N) is 1. The van der Waals surface area contributed by atoms with E-state index in [0.717, 1.165) is 12.2 Å². The number of benzene rings is 3. The van der Waals surface area contributed by atoms with Gasteiger partial charge in [-0.2, -0.15) is 0 Å². The number of aliphatic hydroxyl groups excluding tert-OH is 4. The summed E-state index contributed by atoms with van der Waals surface area (Å²) in [6.45, 7) is 19.5. The van der Waals surface area contributed by atoms with Gasteiger partial charge in [-0.15, -0.1) is 0 Å². The number of carbonyl (C=O) groups is 6. The minimum Gasteiger partial charge on any atom is -0.508 e. The Labute approximate surface area is 545 Å². The summed E-state index contributed by atoms with van der Waals surface area (Å²) < 4.78 is 24.0. The average Bonchev–Trinajstić information content (AvgIpc) is 1.17. The van der Waals surface area contributed by atoms with Gasteiger partial charge in [-0.3, -0.25) is 43.7 Å². The first-order valence-corrected chi connectivity index (χ1v) is 31.7. The second-order valence-electron chi connectivity index (χ2n) is 27.3. The van der Waals surface area contributed by atoms with Crippen LogP contribution in [0.1, 0.15) is 109 Å². The molecule has 11 N–H and O–H groups in total. The summed E-state index contributed by atoms with van der Waals surface area (Å²) in [5, 5.41) is 94.1. The van der Waals surface area contributed by atoms with Gasteiger partial charge in [-0.25, -0.2) is 0 Å². The van der Waals surface area contributed by atoms with Gasteiger partial charge in [0.25, 0.3) is 17.6 Å². The fourth-order valence-corrected chi connectivity index (χ4v) is 14.8. The third-order valence-corrected chi connectivity index (χ3v) is 20.0. The van der Waals surface area contributed by atoms with Crippen LogP contribution in [0.4, 0.5) is 11.4 Å². The summed E-state index contributed by atoms with van der Waals surface area (Å²) in [6.07, 6.45) is 5.36. The molecule has 1 saturated heterocycles. The van der Waals surface area contributed by atoms with E-state index in [4.69, 9.17) is 34.7 Å². The van der Waals surface area contributed by atoms with Crippen molar-refractivity contribution >= 4 is 63.0 Å². The fraction of sp³-hybridized carbons (Fsp3) is 0.536. The number of anilines is 2. The van der Waals surface area contributed by atoms with Crippen LogP contribution in [0.25, 0.3) is 16.5 Å². The molecule has 508 valence electrons. The number of fused-ring (bicyclic) bond motifs is 4. The van der Waals surface area contributed by atoms with Crippen LogP contribution in [0, 0.1) is 48.3 Å². The van der Waals surface area contributed by atoms with Crippen LogP contribution in [-0.2, 0) is 44.6 Å². The molecule has 4 bridgehead atoms. The average molecular weight is 1300 g/mol. The van der Waals surface area contributed by atoms with Gasteiger partial charge in [0, 0.05) is 125 Å². The summed E-state index contributed by atoms with van der Waals surface area (Å²) in [5.74, 6) is -13.0. The van der Waals surface area contributed by atoms with Crippen molar-refractivity contribution in [3.63, 3.8) is 0 Å². The Morgan fingerprint density at radius 1 is 0.872 bits per heavy atom. The maximum Gasteiger partial charge on any atom is 0.312 e. The molecule has 25 heteroatoms. The molecular formula is C69H89N7O18. The maximum atomic E-state index is 14.7. The van der Waals surface area contributed by atoms with Crippen LogP contribution in [0.15, 0.2) is 75.2 Å². The van der Waals surface area contributed by atoms with Gasteiger partial charge in [-0.05, 0) is 76.4 Å². The number of hydrogen-bond acceptors (Lipinski definition) is 23. The predicted molar refractivity (Wildman–Crippen MR) is 346 cm³/mol. The molecule has 0 radical (unpaired) electrons. The minimum atomic E-state index is -2.63. The lowest BCUT2D eigenvalue weighted by Crippen LogP contribution is -2.65. The highest BCUT2D eigenvalue weighted by Gasteiger charge is 2.64. The molecule has 2 fully saturated rings. The van der Waals surface area contributed by atoms with Crippen LogP contribution < -0.4 is 31.4 Å². The first kappa shape index (κ1) is 70.1. The highest BCUT2D eigenvalue weighted by molar-refractivity contribution is 6.25. The molecule has 4 heterocycles. The van der Waals surface area contributed by atoms with E-state index in [1.165, 1.54) is 38.2 Å². The van der Waals surface area contributed by atoms with Crippen LogP contribution in [0.5, 0.6) is 23.0 Å². The number of phenolic OH excluding ortho intramolecular Hbond substituents is 3.